The highest BCUT2D eigenvalue weighted by Gasteiger charge is 2.05. The fourth-order valence-electron chi connectivity index (χ4n) is 1.23. The summed E-state index contributed by atoms with van der Waals surface area (Å²) in [6.45, 7) is 0. The molecule has 74 valence electrons. The molecule has 0 saturated carbocycles. The molecular weight excluding hydrogens is 200 g/mol. The van der Waals surface area contributed by atoms with Gasteiger partial charge in [-0.15, -0.1) is 0 Å². The molecule has 1 heterocycles. The standard InChI is InChI=1S/C9H10N2O2S/c1-13-6-3-4-7-8(5-6)11-9(10-7)14(2)12/h3-5H,1-2H3,(H,10,11). The summed E-state index contributed by atoms with van der Waals surface area (Å²) in [7, 11) is 0.530. The molecule has 0 bridgehead atoms. The number of rotatable bonds is 2. The van der Waals surface area contributed by atoms with E-state index in [1.807, 2.05) is 18.2 Å². The third-order valence-electron chi connectivity index (χ3n) is 1.94. The summed E-state index contributed by atoms with van der Waals surface area (Å²) in [5.41, 5.74) is 1.64. The summed E-state index contributed by atoms with van der Waals surface area (Å²) in [5.74, 6) is 0.759. The Kier molecular flexibility index (Phi) is 2.25. The van der Waals surface area contributed by atoms with E-state index in [2.05, 4.69) is 9.97 Å². The molecule has 0 amide bonds. The first-order valence-corrected chi connectivity index (χ1v) is 5.63. The van der Waals surface area contributed by atoms with Crippen molar-refractivity contribution in [3.05, 3.63) is 18.2 Å². The van der Waals surface area contributed by atoms with Gasteiger partial charge >= 0.3 is 0 Å². The number of nitrogens with zero attached hydrogens (tertiary/aromatic N) is 1. The van der Waals surface area contributed by atoms with Crippen molar-refractivity contribution in [2.75, 3.05) is 13.4 Å². The highest BCUT2D eigenvalue weighted by molar-refractivity contribution is 7.84. The molecule has 5 heteroatoms. The van der Waals surface area contributed by atoms with Gasteiger partial charge in [0.15, 0.2) is 5.16 Å². The number of aromatic nitrogens is 2. The van der Waals surface area contributed by atoms with Crippen molar-refractivity contribution in [1.29, 1.82) is 0 Å². The molecule has 1 aromatic carbocycles. The van der Waals surface area contributed by atoms with Crippen LogP contribution in [0.1, 0.15) is 0 Å². The number of aromatic amines is 1. The molecule has 1 aromatic heterocycles. The first-order chi connectivity index (χ1) is 6.70. The Bertz CT molecular complexity index is 493. The number of fused-ring (bicyclic) bond motifs is 1. The van der Waals surface area contributed by atoms with Crippen LogP contribution in [0, 0.1) is 0 Å². The number of H-pyrrole nitrogens is 1. The van der Waals surface area contributed by atoms with E-state index in [9.17, 15) is 4.21 Å². The lowest BCUT2D eigenvalue weighted by molar-refractivity contribution is 0.415. The lowest BCUT2D eigenvalue weighted by atomic mass is 10.3. The van der Waals surface area contributed by atoms with E-state index in [1.165, 1.54) is 0 Å². The van der Waals surface area contributed by atoms with Crippen LogP contribution in [0.4, 0.5) is 0 Å². The number of hydrogen-bond acceptors (Lipinski definition) is 3. The van der Waals surface area contributed by atoms with Crippen molar-refractivity contribution >= 4 is 21.8 Å². The molecule has 0 saturated heterocycles. The van der Waals surface area contributed by atoms with Gasteiger partial charge in [0.05, 0.1) is 28.9 Å². The molecule has 2 rings (SSSR count). The Morgan fingerprint density at radius 3 is 2.93 bits per heavy atom. The van der Waals surface area contributed by atoms with Crippen LogP contribution in [0.25, 0.3) is 11.0 Å². The second-order valence-corrected chi connectivity index (χ2v) is 4.17. The number of ether oxygens (including phenoxy) is 1. The third-order valence-corrected chi connectivity index (χ3v) is 2.68. The minimum atomic E-state index is -1.08. The Morgan fingerprint density at radius 1 is 1.50 bits per heavy atom. The summed E-state index contributed by atoms with van der Waals surface area (Å²) < 4.78 is 16.2. The predicted molar refractivity (Wildman–Crippen MR) is 55.0 cm³/mol. The van der Waals surface area contributed by atoms with Gasteiger partial charge in [-0.1, -0.05) is 0 Å². The SMILES string of the molecule is COc1ccc2nc(S(C)=O)[nH]c2c1. The Labute approximate surface area is 83.8 Å². The molecule has 4 nitrogen and oxygen atoms in total. The van der Waals surface area contributed by atoms with E-state index in [0.29, 0.717) is 5.16 Å². The zero-order chi connectivity index (χ0) is 10.1. The highest BCUT2D eigenvalue weighted by Crippen LogP contribution is 2.19. The van der Waals surface area contributed by atoms with Gasteiger partial charge in [-0.05, 0) is 12.1 Å². The van der Waals surface area contributed by atoms with E-state index in [4.69, 9.17) is 4.74 Å². The maximum atomic E-state index is 11.2. The monoisotopic (exact) mass is 210 g/mol. The van der Waals surface area contributed by atoms with Crippen LogP contribution < -0.4 is 4.74 Å². The van der Waals surface area contributed by atoms with E-state index in [-0.39, 0.29) is 0 Å². The van der Waals surface area contributed by atoms with E-state index < -0.39 is 10.8 Å². The van der Waals surface area contributed by atoms with Gasteiger partial charge in [-0.25, -0.2) is 4.98 Å². The van der Waals surface area contributed by atoms with Gasteiger partial charge in [-0.3, -0.25) is 4.21 Å². The predicted octanol–water partition coefficient (Wildman–Crippen LogP) is 1.31. The zero-order valence-electron chi connectivity index (χ0n) is 7.90. The topological polar surface area (TPSA) is 55.0 Å². The number of imidazole rings is 1. The summed E-state index contributed by atoms with van der Waals surface area (Å²) in [5, 5.41) is 0.494. The summed E-state index contributed by atoms with van der Waals surface area (Å²) in [4.78, 5) is 7.15. The number of hydrogen-bond donors (Lipinski definition) is 1. The maximum absolute atomic E-state index is 11.2. The van der Waals surface area contributed by atoms with Crippen LogP contribution in [0.3, 0.4) is 0 Å². The second kappa shape index (κ2) is 3.42. The molecule has 1 atom stereocenters. The van der Waals surface area contributed by atoms with Crippen molar-refractivity contribution in [3.8, 4) is 5.75 Å². The van der Waals surface area contributed by atoms with Gasteiger partial charge in [0.25, 0.3) is 0 Å². The molecule has 14 heavy (non-hydrogen) atoms. The van der Waals surface area contributed by atoms with E-state index in [1.54, 1.807) is 13.4 Å². The summed E-state index contributed by atoms with van der Waals surface area (Å²) in [6.07, 6.45) is 1.59. The summed E-state index contributed by atoms with van der Waals surface area (Å²) >= 11 is 0. The first kappa shape index (κ1) is 9.21. The van der Waals surface area contributed by atoms with Crippen molar-refractivity contribution < 1.29 is 8.95 Å². The second-order valence-electron chi connectivity index (χ2n) is 2.88. The quantitative estimate of drug-likeness (QED) is 0.813. The lowest BCUT2D eigenvalue weighted by Crippen LogP contribution is -1.88. The Balaban J connectivity index is 2.60. The van der Waals surface area contributed by atoms with Crippen LogP contribution in [0.2, 0.25) is 0 Å². The van der Waals surface area contributed by atoms with E-state index >= 15 is 0 Å². The van der Waals surface area contributed by atoms with Crippen LogP contribution in [-0.2, 0) is 10.8 Å². The normalized spacial score (nSPS) is 13.0. The van der Waals surface area contributed by atoms with Crippen molar-refractivity contribution in [3.63, 3.8) is 0 Å². The maximum Gasteiger partial charge on any atom is 0.197 e. The molecule has 1 N–H and O–H groups in total. The van der Waals surface area contributed by atoms with Gasteiger partial charge < -0.3 is 9.72 Å². The third kappa shape index (κ3) is 1.50. The smallest absolute Gasteiger partial charge is 0.197 e. The fourth-order valence-corrected chi connectivity index (χ4v) is 1.71. The van der Waals surface area contributed by atoms with Gasteiger partial charge in [0.1, 0.15) is 5.75 Å². The molecule has 0 spiro atoms. The average molecular weight is 210 g/mol. The fraction of sp³-hybridized carbons (Fsp3) is 0.222. The number of nitrogens with one attached hydrogen (secondary N) is 1. The molecule has 0 aliphatic rings. The molecule has 1 unspecified atom stereocenters. The van der Waals surface area contributed by atoms with Crippen LogP contribution in [0.15, 0.2) is 23.4 Å². The Morgan fingerprint density at radius 2 is 2.29 bits per heavy atom. The largest absolute Gasteiger partial charge is 0.497 e. The number of benzene rings is 1. The summed E-state index contributed by atoms with van der Waals surface area (Å²) in [6, 6.07) is 5.49. The van der Waals surface area contributed by atoms with E-state index in [0.717, 1.165) is 16.8 Å². The van der Waals surface area contributed by atoms with Gasteiger partial charge in [0.2, 0.25) is 0 Å². The van der Waals surface area contributed by atoms with Crippen molar-refractivity contribution in [2.24, 2.45) is 0 Å². The number of methoxy groups -OCH3 is 1. The van der Waals surface area contributed by atoms with Crippen molar-refractivity contribution in [2.45, 2.75) is 5.16 Å². The zero-order valence-corrected chi connectivity index (χ0v) is 8.72. The van der Waals surface area contributed by atoms with Crippen LogP contribution >= 0.6 is 0 Å². The minimum absolute atomic E-state index is 0.494. The Hall–Kier alpha value is -1.36. The molecule has 0 aliphatic carbocycles. The molecule has 0 aliphatic heterocycles. The van der Waals surface area contributed by atoms with Crippen LogP contribution in [0.5, 0.6) is 5.75 Å². The molecular formula is C9H10N2O2S. The average Bonchev–Trinajstić information content (AvgIpc) is 2.59. The van der Waals surface area contributed by atoms with Gasteiger partial charge in [0, 0.05) is 12.3 Å². The first-order valence-electron chi connectivity index (χ1n) is 4.08. The van der Waals surface area contributed by atoms with Crippen molar-refractivity contribution in [1.82, 2.24) is 9.97 Å². The highest BCUT2D eigenvalue weighted by atomic mass is 32.2. The lowest BCUT2D eigenvalue weighted by Gasteiger charge is -1.96. The molecule has 2 aromatic rings. The molecule has 0 radical (unpaired) electrons. The van der Waals surface area contributed by atoms with Gasteiger partial charge in [-0.2, -0.15) is 0 Å². The van der Waals surface area contributed by atoms with Crippen LogP contribution in [-0.4, -0.2) is 27.5 Å². The molecule has 0 fully saturated rings. The minimum Gasteiger partial charge on any atom is -0.497 e.